The van der Waals surface area contributed by atoms with Gasteiger partial charge in [-0.1, -0.05) is 44.2 Å². The van der Waals surface area contributed by atoms with Crippen LogP contribution in [0.5, 0.6) is 5.75 Å². The van der Waals surface area contributed by atoms with Gasteiger partial charge in [-0.3, -0.25) is 9.69 Å². The van der Waals surface area contributed by atoms with Crippen LogP contribution in [-0.4, -0.2) is 47.0 Å². The molecule has 4 heteroatoms. The first kappa shape index (κ1) is 18.5. The van der Waals surface area contributed by atoms with E-state index in [2.05, 4.69) is 43.0 Å². The van der Waals surface area contributed by atoms with E-state index in [1.807, 2.05) is 17.9 Å². The fourth-order valence-electron chi connectivity index (χ4n) is 3.37. The first-order valence-electron chi connectivity index (χ1n) is 9.34. The van der Waals surface area contributed by atoms with E-state index in [9.17, 15) is 9.90 Å². The van der Waals surface area contributed by atoms with E-state index < -0.39 is 0 Å². The summed E-state index contributed by atoms with van der Waals surface area (Å²) in [6.07, 6.45) is 0. The largest absolute Gasteiger partial charge is 0.507 e. The predicted molar refractivity (Wildman–Crippen MR) is 105 cm³/mol. The minimum absolute atomic E-state index is 0.0719. The molecular formula is C22H28N2O2. The molecule has 0 aliphatic carbocycles. The highest BCUT2D eigenvalue weighted by Gasteiger charge is 2.23. The van der Waals surface area contributed by atoms with E-state index in [-0.39, 0.29) is 11.7 Å². The lowest BCUT2D eigenvalue weighted by Gasteiger charge is -2.35. The number of aryl methyl sites for hydroxylation is 1. The van der Waals surface area contributed by atoms with Gasteiger partial charge in [-0.2, -0.15) is 0 Å². The van der Waals surface area contributed by atoms with Crippen molar-refractivity contribution in [2.24, 2.45) is 0 Å². The Morgan fingerprint density at radius 2 is 1.69 bits per heavy atom. The lowest BCUT2D eigenvalue weighted by Crippen LogP contribution is -2.48. The number of hydrogen-bond donors (Lipinski definition) is 1. The quantitative estimate of drug-likeness (QED) is 0.911. The fourth-order valence-corrected chi connectivity index (χ4v) is 3.37. The summed E-state index contributed by atoms with van der Waals surface area (Å²) < 4.78 is 0. The molecule has 1 saturated heterocycles. The summed E-state index contributed by atoms with van der Waals surface area (Å²) in [5, 5.41) is 10.0. The van der Waals surface area contributed by atoms with Crippen LogP contribution in [0.3, 0.4) is 0 Å². The third-order valence-electron chi connectivity index (χ3n) is 5.10. The van der Waals surface area contributed by atoms with Crippen LogP contribution in [0.15, 0.2) is 42.5 Å². The minimum atomic E-state index is -0.0802. The number of aromatic hydroxyl groups is 1. The van der Waals surface area contributed by atoms with Crippen molar-refractivity contribution in [3.05, 3.63) is 64.7 Å². The second-order valence-electron chi connectivity index (χ2n) is 7.49. The van der Waals surface area contributed by atoms with E-state index in [4.69, 9.17) is 0 Å². The lowest BCUT2D eigenvalue weighted by molar-refractivity contribution is 0.0625. The second-order valence-corrected chi connectivity index (χ2v) is 7.49. The monoisotopic (exact) mass is 352 g/mol. The average Bonchev–Trinajstić information content (AvgIpc) is 2.62. The van der Waals surface area contributed by atoms with Crippen LogP contribution in [0.2, 0.25) is 0 Å². The molecular weight excluding hydrogens is 324 g/mol. The summed E-state index contributed by atoms with van der Waals surface area (Å²) in [5.74, 6) is 0.544. The summed E-state index contributed by atoms with van der Waals surface area (Å²) in [5.41, 5.74) is 4.02. The number of piperazine rings is 1. The summed E-state index contributed by atoms with van der Waals surface area (Å²) in [6.45, 7) is 10.3. The molecule has 0 bridgehead atoms. The van der Waals surface area contributed by atoms with Crippen LogP contribution in [0.1, 0.15) is 46.8 Å². The first-order chi connectivity index (χ1) is 12.4. The molecule has 0 radical (unpaired) electrons. The Labute approximate surface area is 156 Å². The number of rotatable bonds is 4. The van der Waals surface area contributed by atoms with Gasteiger partial charge in [0.05, 0.1) is 5.56 Å². The normalized spacial score (nSPS) is 15.5. The highest BCUT2D eigenvalue weighted by Crippen LogP contribution is 2.21. The highest BCUT2D eigenvalue weighted by molar-refractivity contribution is 5.97. The van der Waals surface area contributed by atoms with E-state index in [1.165, 1.54) is 11.1 Å². The SMILES string of the molecule is Cc1ccc(C(=O)N2CCN(Cc3ccc(C(C)C)cc3)CC2)c(O)c1. The molecule has 0 unspecified atom stereocenters. The third-order valence-corrected chi connectivity index (χ3v) is 5.10. The van der Waals surface area contributed by atoms with Crippen molar-refractivity contribution in [3.8, 4) is 5.75 Å². The Morgan fingerprint density at radius 1 is 1.04 bits per heavy atom. The molecule has 1 aliphatic heterocycles. The Bertz CT molecular complexity index is 760. The van der Waals surface area contributed by atoms with E-state index in [0.29, 0.717) is 24.6 Å². The van der Waals surface area contributed by atoms with Crippen molar-refractivity contribution in [1.82, 2.24) is 9.80 Å². The fraction of sp³-hybridized carbons (Fsp3) is 0.409. The summed E-state index contributed by atoms with van der Waals surface area (Å²) in [7, 11) is 0. The van der Waals surface area contributed by atoms with E-state index in [1.54, 1.807) is 12.1 Å². The van der Waals surface area contributed by atoms with Crippen LogP contribution >= 0.6 is 0 Å². The van der Waals surface area contributed by atoms with Gasteiger partial charge in [0.15, 0.2) is 0 Å². The van der Waals surface area contributed by atoms with E-state index >= 15 is 0 Å². The Hall–Kier alpha value is -2.33. The summed E-state index contributed by atoms with van der Waals surface area (Å²) in [6, 6.07) is 14.1. The van der Waals surface area contributed by atoms with Gasteiger partial charge in [-0.05, 0) is 41.7 Å². The van der Waals surface area contributed by atoms with Gasteiger partial charge in [-0.15, -0.1) is 0 Å². The van der Waals surface area contributed by atoms with Gasteiger partial charge in [0.25, 0.3) is 5.91 Å². The smallest absolute Gasteiger partial charge is 0.257 e. The van der Waals surface area contributed by atoms with Crippen molar-refractivity contribution in [1.29, 1.82) is 0 Å². The Balaban J connectivity index is 1.56. The first-order valence-corrected chi connectivity index (χ1v) is 9.34. The van der Waals surface area contributed by atoms with Gasteiger partial charge in [0.2, 0.25) is 0 Å². The molecule has 1 N–H and O–H groups in total. The van der Waals surface area contributed by atoms with Crippen molar-refractivity contribution in [3.63, 3.8) is 0 Å². The average molecular weight is 352 g/mol. The maximum atomic E-state index is 12.6. The summed E-state index contributed by atoms with van der Waals surface area (Å²) in [4.78, 5) is 16.9. The standard InChI is InChI=1S/C22H28N2O2/c1-16(2)19-7-5-18(6-8-19)15-23-10-12-24(13-11-23)22(26)20-9-4-17(3)14-21(20)25/h4-9,14,16,25H,10-13,15H2,1-3H3. The molecule has 2 aromatic rings. The number of phenolic OH excluding ortho intramolecular Hbond substituents is 1. The maximum Gasteiger partial charge on any atom is 0.257 e. The maximum absolute atomic E-state index is 12.6. The van der Waals surface area contributed by atoms with E-state index in [0.717, 1.165) is 25.2 Å². The van der Waals surface area contributed by atoms with Crippen LogP contribution < -0.4 is 0 Å². The van der Waals surface area contributed by atoms with Gasteiger partial charge in [0, 0.05) is 32.7 Å². The number of carbonyl (C=O) groups excluding carboxylic acids is 1. The van der Waals surface area contributed by atoms with Crippen molar-refractivity contribution >= 4 is 5.91 Å². The van der Waals surface area contributed by atoms with Crippen LogP contribution in [-0.2, 0) is 6.54 Å². The van der Waals surface area contributed by atoms with Crippen molar-refractivity contribution in [2.75, 3.05) is 26.2 Å². The summed E-state index contributed by atoms with van der Waals surface area (Å²) >= 11 is 0. The molecule has 0 saturated carbocycles. The molecule has 0 atom stereocenters. The molecule has 2 aromatic carbocycles. The molecule has 3 rings (SSSR count). The third kappa shape index (κ3) is 4.25. The Morgan fingerprint density at radius 3 is 2.27 bits per heavy atom. The molecule has 0 spiro atoms. The van der Waals surface area contributed by atoms with Crippen LogP contribution in [0, 0.1) is 6.92 Å². The molecule has 138 valence electrons. The number of amides is 1. The predicted octanol–water partition coefficient (Wildman–Crippen LogP) is 3.78. The topological polar surface area (TPSA) is 43.8 Å². The zero-order valence-electron chi connectivity index (χ0n) is 15.9. The van der Waals surface area contributed by atoms with Gasteiger partial charge >= 0.3 is 0 Å². The molecule has 4 nitrogen and oxygen atoms in total. The van der Waals surface area contributed by atoms with Gasteiger partial charge < -0.3 is 10.0 Å². The Kier molecular flexibility index (Phi) is 5.62. The second kappa shape index (κ2) is 7.92. The minimum Gasteiger partial charge on any atom is -0.507 e. The molecule has 1 heterocycles. The van der Waals surface area contributed by atoms with Crippen LogP contribution in [0.4, 0.5) is 0 Å². The highest BCUT2D eigenvalue weighted by atomic mass is 16.3. The van der Waals surface area contributed by atoms with Gasteiger partial charge in [0.1, 0.15) is 5.75 Å². The number of phenols is 1. The zero-order valence-corrected chi connectivity index (χ0v) is 15.9. The number of hydrogen-bond acceptors (Lipinski definition) is 3. The molecule has 1 amide bonds. The molecule has 26 heavy (non-hydrogen) atoms. The molecule has 1 fully saturated rings. The molecule has 0 aromatic heterocycles. The van der Waals surface area contributed by atoms with Crippen LogP contribution in [0.25, 0.3) is 0 Å². The molecule has 1 aliphatic rings. The lowest BCUT2D eigenvalue weighted by atomic mass is 10.0. The number of carbonyl (C=O) groups is 1. The van der Waals surface area contributed by atoms with Crippen molar-refractivity contribution < 1.29 is 9.90 Å². The number of benzene rings is 2. The van der Waals surface area contributed by atoms with Gasteiger partial charge in [-0.25, -0.2) is 0 Å². The zero-order chi connectivity index (χ0) is 18.7. The van der Waals surface area contributed by atoms with Crippen molar-refractivity contribution in [2.45, 2.75) is 33.2 Å². The number of nitrogens with zero attached hydrogens (tertiary/aromatic N) is 2.